The summed E-state index contributed by atoms with van der Waals surface area (Å²) in [5.74, 6) is 5.58. The molecule has 1 aromatic carbocycles. The number of carbonyl (C=O) groups is 1. The second-order valence-electron chi connectivity index (χ2n) is 4.24. The Bertz CT molecular complexity index is 669. The molecule has 0 atom stereocenters. The van der Waals surface area contributed by atoms with E-state index in [-0.39, 0.29) is 12.5 Å². The highest BCUT2D eigenvalue weighted by molar-refractivity contribution is 6.04. The molecule has 0 radical (unpaired) electrons. The molecule has 2 rings (SSSR count). The first kappa shape index (κ1) is 13.8. The van der Waals surface area contributed by atoms with Crippen LogP contribution in [0, 0.1) is 18.8 Å². The van der Waals surface area contributed by atoms with Crippen molar-refractivity contribution in [3.05, 3.63) is 59.4 Å². The lowest BCUT2D eigenvalue weighted by Gasteiger charge is -2.08. The van der Waals surface area contributed by atoms with Crippen LogP contribution in [0.5, 0.6) is 0 Å². The van der Waals surface area contributed by atoms with E-state index in [1.807, 2.05) is 25.1 Å². The van der Waals surface area contributed by atoms with Gasteiger partial charge >= 0.3 is 0 Å². The number of nitrogens with zero attached hydrogens (tertiary/aromatic N) is 1. The van der Waals surface area contributed by atoms with Crippen LogP contribution < -0.4 is 11.1 Å². The molecule has 0 aliphatic rings. The van der Waals surface area contributed by atoms with E-state index in [0.29, 0.717) is 11.3 Å². The van der Waals surface area contributed by atoms with Crippen LogP contribution in [0.1, 0.15) is 21.5 Å². The molecular weight excluding hydrogens is 250 g/mol. The number of pyridine rings is 1. The minimum atomic E-state index is -0.188. The molecule has 0 saturated carbocycles. The summed E-state index contributed by atoms with van der Waals surface area (Å²) in [4.78, 5) is 16.0. The van der Waals surface area contributed by atoms with Crippen molar-refractivity contribution in [1.82, 2.24) is 4.98 Å². The average Bonchev–Trinajstić information content (AvgIpc) is 2.48. The summed E-state index contributed by atoms with van der Waals surface area (Å²) in [6.07, 6.45) is 3.17. The zero-order valence-corrected chi connectivity index (χ0v) is 11.2. The molecule has 0 fully saturated rings. The highest BCUT2D eigenvalue weighted by Gasteiger charge is 2.08. The highest BCUT2D eigenvalue weighted by Crippen LogP contribution is 2.17. The summed E-state index contributed by atoms with van der Waals surface area (Å²) in [5, 5.41) is 2.85. The fraction of sp³-hybridized carbons (Fsp3) is 0.125. The van der Waals surface area contributed by atoms with E-state index in [9.17, 15) is 4.79 Å². The van der Waals surface area contributed by atoms with E-state index >= 15 is 0 Å². The fourth-order valence-electron chi connectivity index (χ4n) is 1.71. The Balaban J connectivity index is 2.27. The van der Waals surface area contributed by atoms with Gasteiger partial charge in [0.25, 0.3) is 5.91 Å². The van der Waals surface area contributed by atoms with Crippen molar-refractivity contribution >= 4 is 11.6 Å². The molecule has 3 N–H and O–H groups in total. The maximum absolute atomic E-state index is 12.1. The van der Waals surface area contributed by atoms with Crippen LogP contribution in [-0.4, -0.2) is 17.4 Å². The molecule has 0 spiro atoms. The van der Waals surface area contributed by atoms with Gasteiger partial charge in [-0.1, -0.05) is 17.9 Å². The summed E-state index contributed by atoms with van der Waals surface area (Å²) in [7, 11) is 0. The fourth-order valence-corrected chi connectivity index (χ4v) is 1.71. The van der Waals surface area contributed by atoms with Crippen LogP contribution >= 0.6 is 0 Å². The largest absolute Gasteiger partial charge is 0.321 e. The average molecular weight is 265 g/mol. The number of hydrogen-bond acceptors (Lipinski definition) is 3. The lowest BCUT2D eigenvalue weighted by molar-refractivity contribution is 0.102. The van der Waals surface area contributed by atoms with Crippen LogP contribution in [-0.2, 0) is 0 Å². The van der Waals surface area contributed by atoms with Crippen LogP contribution in [0.4, 0.5) is 5.69 Å². The number of anilines is 1. The van der Waals surface area contributed by atoms with E-state index in [1.54, 1.807) is 24.5 Å². The van der Waals surface area contributed by atoms with Crippen LogP contribution in [0.15, 0.2) is 42.7 Å². The predicted molar refractivity (Wildman–Crippen MR) is 79.3 cm³/mol. The molecule has 4 nitrogen and oxygen atoms in total. The minimum absolute atomic E-state index is 0.188. The van der Waals surface area contributed by atoms with Crippen molar-refractivity contribution < 1.29 is 4.79 Å². The Morgan fingerprint density at radius 3 is 2.75 bits per heavy atom. The third-order valence-electron chi connectivity index (χ3n) is 2.69. The molecule has 1 aromatic heterocycles. The maximum atomic E-state index is 12.1. The van der Waals surface area contributed by atoms with Gasteiger partial charge in [-0.05, 0) is 36.8 Å². The predicted octanol–water partition coefficient (Wildman–Crippen LogP) is 1.95. The van der Waals surface area contributed by atoms with Crippen molar-refractivity contribution in [3.8, 4) is 11.8 Å². The number of rotatable bonds is 2. The van der Waals surface area contributed by atoms with Crippen LogP contribution in [0.3, 0.4) is 0 Å². The molecule has 0 bridgehead atoms. The first-order valence-electron chi connectivity index (χ1n) is 6.21. The van der Waals surface area contributed by atoms with E-state index < -0.39 is 0 Å². The second kappa shape index (κ2) is 6.50. The van der Waals surface area contributed by atoms with Gasteiger partial charge in [-0.15, -0.1) is 0 Å². The van der Waals surface area contributed by atoms with Gasteiger partial charge in [-0.25, -0.2) is 0 Å². The SMILES string of the molecule is Cc1ccc(NC(=O)c2ccncc2)c(C#CCN)c1. The molecule has 20 heavy (non-hydrogen) atoms. The van der Waals surface area contributed by atoms with Crippen molar-refractivity contribution in [1.29, 1.82) is 0 Å². The van der Waals surface area contributed by atoms with Gasteiger partial charge in [0.1, 0.15) is 0 Å². The molecule has 0 saturated heterocycles. The van der Waals surface area contributed by atoms with Crippen molar-refractivity contribution in [2.24, 2.45) is 5.73 Å². The molecule has 1 amide bonds. The summed E-state index contributed by atoms with van der Waals surface area (Å²) in [6.45, 7) is 2.26. The summed E-state index contributed by atoms with van der Waals surface area (Å²) >= 11 is 0. The first-order chi connectivity index (χ1) is 9.70. The topological polar surface area (TPSA) is 68.0 Å². The van der Waals surface area contributed by atoms with Gasteiger partial charge in [-0.3, -0.25) is 9.78 Å². The minimum Gasteiger partial charge on any atom is -0.321 e. The Hall–Kier alpha value is -2.64. The number of nitrogens with two attached hydrogens (primary N) is 1. The quantitative estimate of drug-likeness (QED) is 0.815. The Morgan fingerprint density at radius 2 is 2.05 bits per heavy atom. The van der Waals surface area contributed by atoms with E-state index in [4.69, 9.17) is 5.73 Å². The molecule has 0 unspecified atom stereocenters. The first-order valence-corrected chi connectivity index (χ1v) is 6.21. The normalized spacial score (nSPS) is 9.50. The molecule has 4 heteroatoms. The molecule has 0 aliphatic heterocycles. The summed E-state index contributed by atoms with van der Waals surface area (Å²) in [6, 6.07) is 9.01. The van der Waals surface area contributed by atoms with E-state index in [1.165, 1.54) is 0 Å². The molecule has 2 aromatic rings. The van der Waals surface area contributed by atoms with Gasteiger partial charge in [0.2, 0.25) is 0 Å². The van der Waals surface area contributed by atoms with Gasteiger partial charge in [-0.2, -0.15) is 0 Å². The molecule has 100 valence electrons. The smallest absolute Gasteiger partial charge is 0.255 e. The number of aromatic nitrogens is 1. The Labute approximate surface area is 118 Å². The van der Waals surface area contributed by atoms with Crippen molar-refractivity contribution in [2.45, 2.75) is 6.92 Å². The number of nitrogens with one attached hydrogen (secondary N) is 1. The molecule has 1 heterocycles. The lowest BCUT2D eigenvalue weighted by Crippen LogP contribution is -2.13. The number of hydrogen-bond donors (Lipinski definition) is 2. The van der Waals surface area contributed by atoms with Gasteiger partial charge in [0.05, 0.1) is 12.2 Å². The monoisotopic (exact) mass is 265 g/mol. The van der Waals surface area contributed by atoms with Crippen LogP contribution in [0.2, 0.25) is 0 Å². The third-order valence-corrected chi connectivity index (χ3v) is 2.69. The number of amides is 1. The third kappa shape index (κ3) is 3.44. The second-order valence-corrected chi connectivity index (χ2v) is 4.24. The standard InChI is InChI=1S/C16H15N3O/c1-12-4-5-15(14(11-12)3-2-8-17)19-16(20)13-6-9-18-10-7-13/h4-7,9-11H,8,17H2,1H3,(H,19,20). The zero-order valence-electron chi connectivity index (χ0n) is 11.2. The van der Waals surface area contributed by atoms with Crippen molar-refractivity contribution in [2.75, 3.05) is 11.9 Å². The van der Waals surface area contributed by atoms with Gasteiger partial charge < -0.3 is 11.1 Å². The molecule has 0 aliphatic carbocycles. The Morgan fingerprint density at radius 1 is 1.30 bits per heavy atom. The Kier molecular flexibility index (Phi) is 4.48. The van der Waals surface area contributed by atoms with E-state index in [2.05, 4.69) is 22.1 Å². The number of benzene rings is 1. The van der Waals surface area contributed by atoms with E-state index in [0.717, 1.165) is 11.1 Å². The zero-order chi connectivity index (χ0) is 14.4. The lowest BCUT2D eigenvalue weighted by atomic mass is 10.1. The van der Waals surface area contributed by atoms with Crippen molar-refractivity contribution in [3.63, 3.8) is 0 Å². The number of aryl methyl sites for hydroxylation is 1. The summed E-state index contributed by atoms with van der Waals surface area (Å²) in [5.41, 5.74) is 8.46. The highest BCUT2D eigenvalue weighted by atomic mass is 16.1. The van der Waals surface area contributed by atoms with Crippen LogP contribution in [0.25, 0.3) is 0 Å². The van der Waals surface area contributed by atoms with Gasteiger partial charge in [0, 0.05) is 23.5 Å². The molecular formula is C16H15N3O. The van der Waals surface area contributed by atoms with Gasteiger partial charge in [0.15, 0.2) is 0 Å². The summed E-state index contributed by atoms with van der Waals surface area (Å²) < 4.78 is 0. The maximum Gasteiger partial charge on any atom is 0.255 e. The number of carbonyl (C=O) groups excluding carboxylic acids is 1.